The van der Waals surface area contributed by atoms with Crippen LogP contribution in [-0.4, -0.2) is 45.9 Å². The van der Waals surface area contributed by atoms with Gasteiger partial charge in [-0.25, -0.2) is 19.2 Å². The van der Waals surface area contributed by atoms with E-state index in [1.165, 1.54) is 37.7 Å². The number of esters is 1. The number of fused-ring (bicyclic) bond motifs is 2. The van der Waals surface area contributed by atoms with E-state index in [9.17, 15) is 9.18 Å². The Morgan fingerprint density at radius 1 is 0.927 bits per heavy atom. The average Bonchev–Trinajstić information content (AvgIpc) is 3.57. The minimum Gasteiger partial charge on any atom is -0.465 e. The number of para-hydroxylation sites is 1. The van der Waals surface area contributed by atoms with Crippen molar-refractivity contribution in [1.29, 1.82) is 0 Å². The van der Waals surface area contributed by atoms with Crippen LogP contribution in [-0.2, 0) is 22.6 Å². The number of hydrogen-bond donors (Lipinski definition) is 0. The van der Waals surface area contributed by atoms with E-state index in [1.807, 2.05) is 18.2 Å². The minimum absolute atomic E-state index is 0.290. The monoisotopic (exact) mass is 552 g/mol. The lowest BCUT2D eigenvalue weighted by atomic mass is 9.97. The van der Waals surface area contributed by atoms with E-state index in [1.54, 1.807) is 31.4 Å². The van der Waals surface area contributed by atoms with Gasteiger partial charge in [-0.1, -0.05) is 17.7 Å². The standard InChI is InChI=1S/C33H33FN4O3/c1-40-20-19-38-30-26(9-6-10-27(30)35-31(38)23-11-14-25(34)15-12-23)32-36-28-21-24(33(39)41-2)13-16-29(28)37(32)18-17-22-7-4-3-5-8-22/h6-7,9-16,21H,3-5,8,17-20H2,1-2H3. The molecular formula is C33H33FN4O3. The Morgan fingerprint density at radius 2 is 1.76 bits per heavy atom. The second-order valence-electron chi connectivity index (χ2n) is 10.4. The number of carbonyl (C=O) groups excluding carboxylic acids is 1. The molecule has 0 atom stereocenters. The van der Waals surface area contributed by atoms with Crippen molar-refractivity contribution in [2.75, 3.05) is 20.8 Å². The molecule has 0 aliphatic heterocycles. The highest BCUT2D eigenvalue weighted by molar-refractivity contribution is 5.97. The maximum Gasteiger partial charge on any atom is 0.337 e. The number of aryl methyl sites for hydroxylation is 1. The fourth-order valence-corrected chi connectivity index (χ4v) is 5.78. The lowest BCUT2D eigenvalue weighted by molar-refractivity contribution is 0.0601. The number of carbonyl (C=O) groups is 1. The first-order valence-electron chi connectivity index (χ1n) is 14.1. The highest BCUT2D eigenvalue weighted by Crippen LogP contribution is 2.35. The van der Waals surface area contributed by atoms with E-state index in [4.69, 9.17) is 19.4 Å². The van der Waals surface area contributed by atoms with Gasteiger partial charge >= 0.3 is 5.97 Å². The van der Waals surface area contributed by atoms with Crippen LogP contribution in [0.4, 0.5) is 4.39 Å². The average molecular weight is 553 g/mol. The van der Waals surface area contributed by atoms with Crippen molar-refractivity contribution >= 4 is 28.0 Å². The molecule has 1 aliphatic carbocycles. The number of aromatic nitrogens is 4. The Labute approximate surface area is 238 Å². The molecule has 2 aromatic heterocycles. The van der Waals surface area contributed by atoms with E-state index < -0.39 is 0 Å². The van der Waals surface area contributed by atoms with Gasteiger partial charge in [0.05, 0.1) is 41.3 Å². The molecule has 210 valence electrons. The molecule has 7 nitrogen and oxygen atoms in total. The normalized spacial score (nSPS) is 13.6. The summed E-state index contributed by atoms with van der Waals surface area (Å²) in [6.45, 7) is 1.82. The third-order valence-corrected chi connectivity index (χ3v) is 7.84. The van der Waals surface area contributed by atoms with Crippen molar-refractivity contribution in [2.45, 2.75) is 45.2 Å². The molecule has 0 spiro atoms. The molecule has 2 heterocycles. The van der Waals surface area contributed by atoms with Crippen LogP contribution >= 0.6 is 0 Å². The van der Waals surface area contributed by atoms with Gasteiger partial charge in [0.15, 0.2) is 0 Å². The molecule has 3 aromatic carbocycles. The lowest BCUT2D eigenvalue weighted by Crippen LogP contribution is -2.08. The van der Waals surface area contributed by atoms with Crippen LogP contribution in [0, 0.1) is 5.82 Å². The Hall–Kier alpha value is -4.30. The second kappa shape index (κ2) is 11.7. The smallest absolute Gasteiger partial charge is 0.337 e. The van der Waals surface area contributed by atoms with Gasteiger partial charge in [-0.3, -0.25) is 0 Å². The summed E-state index contributed by atoms with van der Waals surface area (Å²) in [4.78, 5) is 22.4. The van der Waals surface area contributed by atoms with E-state index in [0.717, 1.165) is 70.6 Å². The predicted molar refractivity (Wildman–Crippen MR) is 158 cm³/mol. The Balaban J connectivity index is 1.55. The molecule has 0 unspecified atom stereocenters. The predicted octanol–water partition coefficient (Wildman–Crippen LogP) is 7.18. The molecule has 8 heteroatoms. The number of rotatable bonds is 9. The number of methoxy groups -OCH3 is 2. The Morgan fingerprint density at radius 3 is 2.51 bits per heavy atom. The fraction of sp³-hybridized carbons (Fsp3) is 0.303. The molecule has 0 saturated carbocycles. The van der Waals surface area contributed by atoms with Gasteiger partial charge in [0.25, 0.3) is 0 Å². The van der Waals surface area contributed by atoms with Gasteiger partial charge in [-0.15, -0.1) is 0 Å². The second-order valence-corrected chi connectivity index (χ2v) is 10.4. The van der Waals surface area contributed by atoms with E-state index in [0.29, 0.717) is 18.7 Å². The van der Waals surface area contributed by atoms with Crippen LogP contribution in [0.15, 0.2) is 72.3 Å². The van der Waals surface area contributed by atoms with Crippen molar-refractivity contribution in [3.8, 4) is 22.8 Å². The Kier molecular flexibility index (Phi) is 7.65. The highest BCUT2D eigenvalue weighted by atomic mass is 19.1. The summed E-state index contributed by atoms with van der Waals surface area (Å²) in [7, 11) is 3.06. The lowest BCUT2D eigenvalue weighted by Gasteiger charge is -2.16. The molecule has 0 N–H and O–H groups in total. The zero-order valence-corrected chi connectivity index (χ0v) is 23.4. The Bertz CT molecular complexity index is 1750. The molecular weight excluding hydrogens is 519 g/mol. The van der Waals surface area contributed by atoms with E-state index in [-0.39, 0.29) is 11.8 Å². The van der Waals surface area contributed by atoms with Crippen LogP contribution < -0.4 is 0 Å². The van der Waals surface area contributed by atoms with Gasteiger partial charge in [-0.05, 0) is 86.7 Å². The number of ether oxygens (including phenoxy) is 2. The van der Waals surface area contributed by atoms with E-state index >= 15 is 0 Å². The maximum atomic E-state index is 13.8. The minimum atomic E-state index is -0.390. The first-order chi connectivity index (χ1) is 20.1. The van der Waals surface area contributed by atoms with Crippen molar-refractivity contribution in [1.82, 2.24) is 19.1 Å². The van der Waals surface area contributed by atoms with Crippen molar-refractivity contribution < 1.29 is 18.7 Å². The van der Waals surface area contributed by atoms with Gasteiger partial charge in [-0.2, -0.15) is 0 Å². The number of halogens is 1. The molecule has 41 heavy (non-hydrogen) atoms. The van der Waals surface area contributed by atoms with Gasteiger partial charge < -0.3 is 18.6 Å². The van der Waals surface area contributed by atoms with Crippen LogP contribution in [0.1, 0.15) is 42.5 Å². The van der Waals surface area contributed by atoms with Gasteiger partial charge in [0.1, 0.15) is 17.5 Å². The fourth-order valence-electron chi connectivity index (χ4n) is 5.78. The molecule has 0 radical (unpaired) electrons. The summed E-state index contributed by atoms with van der Waals surface area (Å²) in [5, 5.41) is 0. The van der Waals surface area contributed by atoms with E-state index in [2.05, 4.69) is 21.3 Å². The molecule has 0 bridgehead atoms. The number of allylic oxidation sites excluding steroid dienone is 2. The zero-order chi connectivity index (χ0) is 28.3. The molecule has 6 rings (SSSR count). The zero-order valence-electron chi connectivity index (χ0n) is 23.4. The van der Waals surface area contributed by atoms with Crippen LogP contribution in [0.25, 0.3) is 44.8 Å². The number of hydrogen-bond acceptors (Lipinski definition) is 5. The first kappa shape index (κ1) is 26.9. The third kappa shape index (κ3) is 5.27. The summed E-state index contributed by atoms with van der Waals surface area (Å²) >= 11 is 0. The molecule has 0 saturated heterocycles. The van der Waals surface area contributed by atoms with Crippen LogP contribution in [0.2, 0.25) is 0 Å². The van der Waals surface area contributed by atoms with Gasteiger partial charge in [0.2, 0.25) is 0 Å². The summed E-state index contributed by atoms with van der Waals surface area (Å²) in [5.74, 6) is 0.877. The largest absolute Gasteiger partial charge is 0.465 e. The summed E-state index contributed by atoms with van der Waals surface area (Å²) in [6, 6.07) is 18.0. The SMILES string of the molecule is COCCn1c(-c2ccc(F)cc2)nc2cccc(-c3nc4cc(C(=O)OC)ccc4n3CCC3=CCCCC3)c21. The third-order valence-electron chi connectivity index (χ3n) is 7.84. The topological polar surface area (TPSA) is 71.2 Å². The maximum absolute atomic E-state index is 13.8. The van der Waals surface area contributed by atoms with Crippen LogP contribution in [0.5, 0.6) is 0 Å². The molecule has 5 aromatic rings. The molecule has 0 fully saturated rings. The number of imidazole rings is 2. The van der Waals surface area contributed by atoms with Crippen molar-refractivity contribution in [3.05, 3.63) is 83.7 Å². The van der Waals surface area contributed by atoms with Crippen LogP contribution in [0.3, 0.4) is 0 Å². The first-order valence-corrected chi connectivity index (χ1v) is 14.1. The number of benzene rings is 3. The summed E-state index contributed by atoms with van der Waals surface area (Å²) in [6.07, 6.45) is 8.08. The molecule has 1 aliphatic rings. The molecule has 0 amide bonds. The summed E-state index contributed by atoms with van der Waals surface area (Å²) < 4.78 is 28.6. The van der Waals surface area contributed by atoms with Crippen molar-refractivity contribution in [3.63, 3.8) is 0 Å². The highest BCUT2D eigenvalue weighted by Gasteiger charge is 2.22. The number of nitrogens with zero attached hydrogens (tertiary/aromatic N) is 4. The quantitative estimate of drug-likeness (QED) is 0.143. The summed E-state index contributed by atoms with van der Waals surface area (Å²) in [5.41, 5.74) is 7.16. The van der Waals surface area contributed by atoms with Gasteiger partial charge in [0, 0.05) is 31.3 Å². The van der Waals surface area contributed by atoms with Crippen molar-refractivity contribution in [2.24, 2.45) is 0 Å².